The molecular formula is C19H20N4O2. The number of hydrogen-bond donors (Lipinski definition) is 2. The van der Waals surface area contributed by atoms with Crippen molar-refractivity contribution in [1.82, 2.24) is 20.1 Å². The molecule has 25 heavy (non-hydrogen) atoms. The van der Waals surface area contributed by atoms with Gasteiger partial charge in [0.1, 0.15) is 6.54 Å². The number of aromatic nitrogens is 3. The van der Waals surface area contributed by atoms with E-state index in [1.807, 2.05) is 24.4 Å². The molecule has 0 aliphatic heterocycles. The first kappa shape index (κ1) is 15.6. The number of rotatable bonds is 6. The van der Waals surface area contributed by atoms with Gasteiger partial charge in [-0.1, -0.05) is 18.2 Å². The van der Waals surface area contributed by atoms with Gasteiger partial charge in [0.05, 0.1) is 5.69 Å². The highest BCUT2D eigenvalue weighted by Crippen LogP contribution is 2.38. The van der Waals surface area contributed by atoms with Gasteiger partial charge in [-0.15, -0.1) is 0 Å². The fourth-order valence-electron chi connectivity index (χ4n) is 3.04. The number of hydrogen-bond acceptors (Lipinski definition) is 3. The summed E-state index contributed by atoms with van der Waals surface area (Å²) in [5, 5.41) is 8.36. The molecule has 0 unspecified atom stereocenters. The number of nitrogens with one attached hydrogen (secondary N) is 2. The first-order chi connectivity index (χ1) is 12.2. The van der Waals surface area contributed by atoms with Crippen LogP contribution in [0.25, 0.3) is 10.9 Å². The van der Waals surface area contributed by atoms with Crippen molar-refractivity contribution >= 4 is 16.8 Å². The maximum Gasteiger partial charge on any atom is 0.267 e. The van der Waals surface area contributed by atoms with Crippen LogP contribution in [0.15, 0.2) is 47.4 Å². The van der Waals surface area contributed by atoms with Gasteiger partial charge in [0, 0.05) is 35.6 Å². The van der Waals surface area contributed by atoms with Crippen LogP contribution in [0.4, 0.5) is 0 Å². The summed E-state index contributed by atoms with van der Waals surface area (Å²) >= 11 is 0. The van der Waals surface area contributed by atoms with E-state index in [2.05, 4.69) is 21.5 Å². The molecule has 0 bridgehead atoms. The fraction of sp³-hybridized carbons (Fsp3) is 0.316. The van der Waals surface area contributed by atoms with Crippen LogP contribution in [-0.4, -0.2) is 27.2 Å². The number of aromatic amines is 1. The van der Waals surface area contributed by atoms with Gasteiger partial charge in [-0.3, -0.25) is 9.59 Å². The highest BCUT2D eigenvalue weighted by atomic mass is 16.2. The van der Waals surface area contributed by atoms with E-state index in [0.29, 0.717) is 12.5 Å². The van der Waals surface area contributed by atoms with E-state index >= 15 is 0 Å². The topological polar surface area (TPSA) is 79.8 Å². The number of benzene rings is 1. The molecule has 0 spiro atoms. The first-order valence-electron chi connectivity index (χ1n) is 8.60. The molecule has 6 nitrogen and oxygen atoms in total. The summed E-state index contributed by atoms with van der Waals surface area (Å²) in [6.45, 7) is 0.491. The van der Waals surface area contributed by atoms with Gasteiger partial charge < -0.3 is 10.3 Å². The Bertz CT molecular complexity index is 969. The van der Waals surface area contributed by atoms with Crippen LogP contribution in [0, 0.1) is 0 Å². The lowest BCUT2D eigenvalue weighted by Crippen LogP contribution is -2.34. The molecule has 6 heteroatoms. The van der Waals surface area contributed by atoms with Crippen molar-refractivity contribution in [2.45, 2.75) is 31.7 Å². The van der Waals surface area contributed by atoms with Crippen molar-refractivity contribution in [2.75, 3.05) is 6.54 Å². The molecule has 1 aliphatic rings. The summed E-state index contributed by atoms with van der Waals surface area (Å²) in [4.78, 5) is 27.2. The monoisotopic (exact) mass is 336 g/mol. The normalized spacial score (nSPS) is 13.9. The quantitative estimate of drug-likeness (QED) is 0.722. The first-order valence-corrected chi connectivity index (χ1v) is 8.60. The van der Waals surface area contributed by atoms with E-state index in [1.165, 1.54) is 21.7 Å². The maximum absolute atomic E-state index is 12.1. The lowest BCUT2D eigenvalue weighted by molar-refractivity contribution is -0.121. The molecule has 2 N–H and O–H groups in total. The summed E-state index contributed by atoms with van der Waals surface area (Å²) in [6, 6.07) is 11.4. The third-order valence-corrected chi connectivity index (χ3v) is 4.57. The number of nitrogens with zero attached hydrogens (tertiary/aromatic N) is 2. The van der Waals surface area contributed by atoms with Crippen molar-refractivity contribution in [3.8, 4) is 0 Å². The smallest absolute Gasteiger partial charge is 0.267 e. The Balaban J connectivity index is 1.35. The van der Waals surface area contributed by atoms with Crippen LogP contribution >= 0.6 is 0 Å². The second kappa shape index (κ2) is 6.55. The number of amides is 1. The highest BCUT2D eigenvalue weighted by Gasteiger charge is 2.25. The van der Waals surface area contributed by atoms with Gasteiger partial charge in [0.15, 0.2) is 0 Å². The number of H-pyrrole nitrogens is 1. The van der Waals surface area contributed by atoms with Gasteiger partial charge in [-0.2, -0.15) is 5.10 Å². The lowest BCUT2D eigenvalue weighted by Gasteiger charge is -2.07. The van der Waals surface area contributed by atoms with Crippen molar-refractivity contribution in [3.63, 3.8) is 0 Å². The van der Waals surface area contributed by atoms with Gasteiger partial charge in [-0.25, -0.2) is 4.68 Å². The molecule has 0 radical (unpaired) electrons. The Morgan fingerprint density at radius 1 is 1.24 bits per heavy atom. The Labute approximate surface area is 144 Å². The number of carbonyl (C=O) groups excluding carboxylic acids is 1. The molecule has 1 saturated carbocycles. The van der Waals surface area contributed by atoms with Crippen molar-refractivity contribution in [3.05, 3.63) is 64.2 Å². The molecule has 0 saturated heterocycles. The van der Waals surface area contributed by atoms with E-state index in [-0.39, 0.29) is 18.0 Å². The molecule has 2 heterocycles. The van der Waals surface area contributed by atoms with E-state index in [4.69, 9.17) is 0 Å². The highest BCUT2D eigenvalue weighted by molar-refractivity contribution is 5.83. The minimum absolute atomic E-state index is 0.0344. The molecular weight excluding hydrogens is 316 g/mol. The molecule has 1 aromatic carbocycles. The lowest BCUT2D eigenvalue weighted by atomic mass is 10.1. The molecule has 0 atom stereocenters. The van der Waals surface area contributed by atoms with Crippen molar-refractivity contribution in [2.24, 2.45) is 0 Å². The number of fused-ring (bicyclic) bond motifs is 1. The third kappa shape index (κ3) is 3.47. The van der Waals surface area contributed by atoms with E-state index in [9.17, 15) is 9.59 Å². The molecule has 128 valence electrons. The summed E-state index contributed by atoms with van der Waals surface area (Å²) in [7, 11) is 0. The number of para-hydroxylation sites is 1. The van der Waals surface area contributed by atoms with E-state index < -0.39 is 0 Å². The van der Waals surface area contributed by atoms with Crippen LogP contribution in [0.1, 0.15) is 30.0 Å². The zero-order valence-electron chi connectivity index (χ0n) is 13.9. The van der Waals surface area contributed by atoms with Crippen LogP contribution in [0.2, 0.25) is 0 Å². The van der Waals surface area contributed by atoms with Gasteiger partial charge in [0.25, 0.3) is 5.56 Å². The molecule has 1 fully saturated rings. The van der Waals surface area contributed by atoms with Gasteiger partial charge in [0.2, 0.25) is 5.91 Å². The standard InChI is InChI=1S/C19H20N4O2/c24-18(12-23-19(25)8-7-16(22-23)13-5-6-13)20-10-9-14-11-21-17-4-2-1-3-15(14)17/h1-4,7-8,11,13,21H,5-6,9-10,12H2,(H,20,24). The van der Waals surface area contributed by atoms with Crippen LogP contribution in [-0.2, 0) is 17.8 Å². The Morgan fingerprint density at radius 2 is 2.08 bits per heavy atom. The molecule has 2 aromatic heterocycles. The van der Waals surface area contributed by atoms with Crippen LogP contribution in [0.3, 0.4) is 0 Å². The minimum Gasteiger partial charge on any atom is -0.361 e. The molecule has 1 amide bonds. The SMILES string of the molecule is O=C(Cn1nc(C2CC2)ccc1=O)NCCc1c[nH]c2ccccc12. The number of carbonyl (C=O) groups is 1. The Hall–Kier alpha value is -2.89. The van der Waals surface area contributed by atoms with Crippen LogP contribution < -0.4 is 10.9 Å². The average Bonchev–Trinajstić information content (AvgIpc) is 3.39. The molecule has 4 rings (SSSR count). The summed E-state index contributed by atoms with van der Waals surface area (Å²) in [6.07, 6.45) is 4.94. The van der Waals surface area contributed by atoms with E-state index in [1.54, 1.807) is 6.07 Å². The Morgan fingerprint density at radius 3 is 2.92 bits per heavy atom. The maximum atomic E-state index is 12.1. The fourth-order valence-corrected chi connectivity index (χ4v) is 3.04. The van der Waals surface area contributed by atoms with E-state index in [0.717, 1.165) is 30.5 Å². The molecule has 1 aliphatic carbocycles. The molecule has 3 aromatic rings. The van der Waals surface area contributed by atoms with Gasteiger partial charge >= 0.3 is 0 Å². The predicted octanol–water partition coefficient (Wildman–Crippen LogP) is 1.96. The van der Waals surface area contributed by atoms with Crippen molar-refractivity contribution in [1.29, 1.82) is 0 Å². The second-order valence-corrected chi connectivity index (χ2v) is 6.49. The zero-order valence-corrected chi connectivity index (χ0v) is 13.9. The summed E-state index contributed by atoms with van der Waals surface area (Å²) in [5.74, 6) is 0.263. The summed E-state index contributed by atoms with van der Waals surface area (Å²) in [5.41, 5.74) is 2.93. The van der Waals surface area contributed by atoms with Gasteiger partial charge in [-0.05, 0) is 37.0 Å². The zero-order chi connectivity index (χ0) is 17.2. The Kier molecular flexibility index (Phi) is 4.09. The third-order valence-electron chi connectivity index (χ3n) is 4.57. The minimum atomic E-state index is -0.240. The second-order valence-electron chi connectivity index (χ2n) is 6.49. The summed E-state index contributed by atoms with van der Waals surface area (Å²) < 4.78 is 1.26. The largest absolute Gasteiger partial charge is 0.361 e. The predicted molar refractivity (Wildman–Crippen MR) is 95.5 cm³/mol. The average molecular weight is 336 g/mol. The van der Waals surface area contributed by atoms with Crippen molar-refractivity contribution < 1.29 is 4.79 Å². The van der Waals surface area contributed by atoms with Crippen LogP contribution in [0.5, 0.6) is 0 Å².